The predicted molar refractivity (Wildman–Crippen MR) is 111 cm³/mol. The molecule has 2 atom stereocenters. The summed E-state index contributed by atoms with van der Waals surface area (Å²) in [5.74, 6) is 0.583. The lowest BCUT2D eigenvalue weighted by Gasteiger charge is -2.37. The van der Waals surface area contributed by atoms with E-state index in [0.29, 0.717) is 19.0 Å². The highest BCUT2D eigenvalue weighted by atomic mass is 32.1. The summed E-state index contributed by atoms with van der Waals surface area (Å²) < 4.78 is 5.69. The van der Waals surface area contributed by atoms with E-state index in [2.05, 4.69) is 51.5 Å². The van der Waals surface area contributed by atoms with E-state index >= 15 is 0 Å². The third-order valence-electron chi connectivity index (χ3n) is 4.33. The Balaban J connectivity index is 2.05. The molecule has 0 radical (unpaired) electrons. The van der Waals surface area contributed by atoms with E-state index in [9.17, 15) is 4.79 Å². The highest BCUT2D eigenvalue weighted by Crippen LogP contribution is 2.26. The fourth-order valence-corrected chi connectivity index (χ4v) is 3.70. The Bertz CT molecular complexity index is 618. The summed E-state index contributed by atoms with van der Waals surface area (Å²) in [6.07, 6.45) is 2.00. The Hall–Kier alpha value is -1.90. The van der Waals surface area contributed by atoms with Gasteiger partial charge in [0.15, 0.2) is 5.96 Å². The lowest BCUT2D eigenvalue weighted by Crippen LogP contribution is -2.48. The van der Waals surface area contributed by atoms with Crippen molar-refractivity contribution in [3.63, 3.8) is 0 Å². The average molecular weight is 394 g/mol. The second-order valence-electron chi connectivity index (χ2n) is 6.71. The standard InChI is InChI=1S/C19H31N5O2S/c1-5-8-20-19(22-13-18(25)23(3)4)21-12-16(17-7-6-11-27-17)24-9-10-26-15(2)14-24/h5-7,11,15-16H,1,8-10,12-14H2,2-4H3,(H2,20,21,22). The van der Waals surface area contributed by atoms with Crippen LogP contribution in [0.15, 0.2) is 35.2 Å². The van der Waals surface area contributed by atoms with Crippen molar-refractivity contribution in [1.29, 1.82) is 0 Å². The number of rotatable bonds is 8. The summed E-state index contributed by atoms with van der Waals surface area (Å²) >= 11 is 1.76. The molecule has 0 aliphatic carbocycles. The van der Waals surface area contributed by atoms with E-state index in [1.165, 1.54) is 9.78 Å². The third-order valence-corrected chi connectivity index (χ3v) is 5.31. The molecular formula is C19H31N5O2S. The first-order valence-corrected chi connectivity index (χ1v) is 10.1. The Morgan fingerprint density at radius 3 is 3.00 bits per heavy atom. The zero-order chi connectivity index (χ0) is 19.6. The number of aliphatic imine (C=N–C) groups is 1. The van der Waals surface area contributed by atoms with E-state index in [0.717, 1.165) is 19.7 Å². The van der Waals surface area contributed by atoms with Crippen LogP contribution in [-0.2, 0) is 9.53 Å². The maximum absolute atomic E-state index is 11.9. The Labute approximate surface area is 166 Å². The number of likely N-dealkylation sites (N-methyl/N-ethyl adjacent to an activating group) is 1. The van der Waals surface area contributed by atoms with E-state index < -0.39 is 0 Å². The van der Waals surface area contributed by atoms with Gasteiger partial charge in [-0.15, -0.1) is 17.9 Å². The van der Waals surface area contributed by atoms with Crippen molar-refractivity contribution in [3.05, 3.63) is 35.0 Å². The van der Waals surface area contributed by atoms with Crippen LogP contribution in [0.1, 0.15) is 17.8 Å². The summed E-state index contributed by atoms with van der Waals surface area (Å²) in [5.41, 5.74) is 0. The number of carbonyl (C=O) groups excluding carboxylic acids is 1. The molecule has 1 saturated heterocycles. The maximum Gasteiger partial charge on any atom is 0.243 e. The van der Waals surface area contributed by atoms with Crippen LogP contribution in [0.3, 0.4) is 0 Å². The molecule has 1 amide bonds. The lowest BCUT2D eigenvalue weighted by molar-refractivity contribution is -0.127. The molecule has 0 aromatic carbocycles. The fraction of sp³-hybridized carbons (Fsp3) is 0.579. The molecule has 2 N–H and O–H groups in total. The molecule has 1 fully saturated rings. The first kappa shape index (κ1) is 21.4. The minimum absolute atomic E-state index is 0.0356. The quantitative estimate of drug-likeness (QED) is 0.396. The molecule has 0 saturated carbocycles. The molecular weight excluding hydrogens is 362 g/mol. The summed E-state index contributed by atoms with van der Waals surface area (Å²) in [6.45, 7) is 9.78. The summed E-state index contributed by atoms with van der Waals surface area (Å²) in [4.78, 5) is 21.6. The van der Waals surface area contributed by atoms with E-state index in [1.807, 2.05) is 0 Å². The number of thiophene rings is 1. The maximum atomic E-state index is 11.9. The van der Waals surface area contributed by atoms with Gasteiger partial charge in [-0.25, -0.2) is 4.99 Å². The lowest BCUT2D eigenvalue weighted by atomic mass is 10.1. The predicted octanol–water partition coefficient (Wildman–Crippen LogP) is 1.32. The van der Waals surface area contributed by atoms with Crippen molar-refractivity contribution in [2.45, 2.75) is 19.1 Å². The summed E-state index contributed by atoms with van der Waals surface area (Å²) in [7, 11) is 3.46. The minimum Gasteiger partial charge on any atom is -0.376 e. The van der Waals surface area contributed by atoms with Crippen LogP contribution in [0.2, 0.25) is 0 Å². The first-order valence-electron chi connectivity index (χ1n) is 9.23. The van der Waals surface area contributed by atoms with Gasteiger partial charge in [0.25, 0.3) is 0 Å². The van der Waals surface area contributed by atoms with Crippen molar-refractivity contribution in [3.8, 4) is 0 Å². The van der Waals surface area contributed by atoms with Gasteiger partial charge >= 0.3 is 0 Å². The molecule has 2 rings (SSSR count). The number of morpholine rings is 1. The van der Waals surface area contributed by atoms with Crippen LogP contribution in [0, 0.1) is 0 Å². The SMILES string of the molecule is C=CCNC(=NCC(=O)N(C)C)NCC(c1cccs1)N1CCOC(C)C1. The van der Waals surface area contributed by atoms with Crippen LogP contribution < -0.4 is 10.6 Å². The summed E-state index contributed by atoms with van der Waals surface area (Å²) in [5, 5.41) is 8.68. The fourth-order valence-electron chi connectivity index (χ4n) is 2.84. The second-order valence-corrected chi connectivity index (χ2v) is 7.69. The second kappa shape index (κ2) is 11.1. The molecule has 150 valence electrons. The van der Waals surface area contributed by atoms with Gasteiger partial charge in [-0.05, 0) is 18.4 Å². The van der Waals surface area contributed by atoms with Crippen LogP contribution in [0.25, 0.3) is 0 Å². The van der Waals surface area contributed by atoms with Gasteiger partial charge in [0.1, 0.15) is 6.54 Å². The van der Waals surface area contributed by atoms with E-state index in [4.69, 9.17) is 4.74 Å². The van der Waals surface area contributed by atoms with Crippen LogP contribution in [0.4, 0.5) is 0 Å². The molecule has 1 aliphatic rings. The van der Waals surface area contributed by atoms with Crippen LogP contribution in [0.5, 0.6) is 0 Å². The zero-order valence-electron chi connectivity index (χ0n) is 16.5. The Morgan fingerprint density at radius 2 is 2.37 bits per heavy atom. The van der Waals surface area contributed by atoms with Crippen molar-refractivity contribution in [2.75, 3.05) is 53.4 Å². The molecule has 1 aromatic heterocycles. The van der Waals surface area contributed by atoms with Gasteiger partial charge < -0.3 is 20.3 Å². The summed E-state index contributed by atoms with van der Waals surface area (Å²) in [6, 6.07) is 4.48. The molecule has 2 heterocycles. The number of nitrogens with one attached hydrogen (secondary N) is 2. The van der Waals surface area contributed by atoms with Gasteiger partial charge in [0.05, 0.1) is 18.8 Å². The molecule has 0 bridgehead atoms. The number of hydrogen-bond donors (Lipinski definition) is 2. The van der Waals surface area contributed by atoms with Gasteiger partial charge in [0.2, 0.25) is 5.91 Å². The Morgan fingerprint density at radius 1 is 1.56 bits per heavy atom. The highest BCUT2D eigenvalue weighted by molar-refractivity contribution is 7.10. The van der Waals surface area contributed by atoms with Gasteiger partial charge in [-0.3, -0.25) is 9.69 Å². The zero-order valence-corrected chi connectivity index (χ0v) is 17.3. The number of guanidine groups is 1. The smallest absolute Gasteiger partial charge is 0.243 e. The molecule has 1 aromatic rings. The average Bonchev–Trinajstić information content (AvgIpc) is 3.17. The molecule has 8 heteroatoms. The topological polar surface area (TPSA) is 69.2 Å². The molecule has 2 unspecified atom stereocenters. The largest absolute Gasteiger partial charge is 0.376 e. The Kier molecular flexibility index (Phi) is 8.77. The van der Waals surface area contributed by atoms with Crippen molar-refractivity contribution in [2.24, 2.45) is 4.99 Å². The minimum atomic E-state index is -0.0356. The monoisotopic (exact) mass is 393 g/mol. The third kappa shape index (κ3) is 6.97. The van der Waals surface area contributed by atoms with Gasteiger partial charge in [-0.1, -0.05) is 12.1 Å². The van der Waals surface area contributed by atoms with Crippen molar-refractivity contribution >= 4 is 23.2 Å². The van der Waals surface area contributed by atoms with Crippen LogP contribution >= 0.6 is 11.3 Å². The number of carbonyl (C=O) groups is 1. The first-order chi connectivity index (χ1) is 13.0. The van der Waals surface area contributed by atoms with E-state index in [1.54, 1.807) is 31.5 Å². The molecule has 0 spiro atoms. The molecule has 7 nitrogen and oxygen atoms in total. The van der Waals surface area contributed by atoms with Crippen LogP contribution in [-0.4, -0.2) is 81.2 Å². The molecule has 27 heavy (non-hydrogen) atoms. The van der Waals surface area contributed by atoms with E-state index in [-0.39, 0.29) is 24.6 Å². The normalized spacial score (nSPS) is 19.4. The van der Waals surface area contributed by atoms with Crippen molar-refractivity contribution in [1.82, 2.24) is 20.4 Å². The number of nitrogens with zero attached hydrogens (tertiary/aromatic N) is 3. The number of amides is 1. The van der Waals surface area contributed by atoms with Gasteiger partial charge in [0, 0.05) is 45.2 Å². The van der Waals surface area contributed by atoms with Crippen molar-refractivity contribution < 1.29 is 9.53 Å². The number of hydrogen-bond acceptors (Lipinski definition) is 5. The number of ether oxygens (including phenoxy) is 1. The van der Waals surface area contributed by atoms with Gasteiger partial charge in [-0.2, -0.15) is 0 Å². The molecule has 1 aliphatic heterocycles. The highest BCUT2D eigenvalue weighted by Gasteiger charge is 2.26.